The van der Waals surface area contributed by atoms with Crippen LogP contribution in [0.15, 0.2) is 77.9 Å². The normalized spacial score (nSPS) is 18.7. The van der Waals surface area contributed by atoms with Crippen LogP contribution in [-0.2, 0) is 27.3 Å². The third-order valence-electron chi connectivity index (χ3n) is 9.11. The monoisotopic (exact) mass is 581 g/mol. The van der Waals surface area contributed by atoms with Crippen LogP contribution in [0.2, 0.25) is 0 Å². The standard InChI is InChI=1S/C35H36FN3O4/c36-28-18-24(21-35(16-17-35)34(42)43)19-29(20-28)37-33(41)32(26-8-4-5-9-26)27-12-10-23(11-13-27)22-39-31(40)15-14-30(38-39)25-6-2-1-3-7-25/h1-3,6-7,10-13,18-20,26,32H,4-5,8-9,14-17,21-22H2,(H,37,41)(H,42,43). The van der Waals surface area contributed by atoms with Gasteiger partial charge in [0.1, 0.15) is 5.82 Å². The largest absolute Gasteiger partial charge is 0.481 e. The number of carbonyl (C=O) groups is 3. The van der Waals surface area contributed by atoms with Gasteiger partial charge in [0, 0.05) is 18.5 Å². The number of nitrogens with one attached hydrogen (secondary N) is 1. The molecule has 2 fully saturated rings. The number of hydrogen-bond donors (Lipinski definition) is 2. The summed E-state index contributed by atoms with van der Waals surface area (Å²) in [6.07, 6.45) is 6.42. The van der Waals surface area contributed by atoms with E-state index in [0.717, 1.165) is 48.1 Å². The summed E-state index contributed by atoms with van der Waals surface area (Å²) in [5.41, 5.74) is 3.80. The summed E-state index contributed by atoms with van der Waals surface area (Å²) in [6, 6.07) is 22.0. The number of benzene rings is 3. The fraction of sp³-hybridized carbons (Fsp3) is 0.371. The quantitative estimate of drug-likeness (QED) is 0.279. The minimum absolute atomic E-state index is 0.0163. The minimum Gasteiger partial charge on any atom is -0.481 e. The van der Waals surface area contributed by atoms with E-state index in [4.69, 9.17) is 0 Å². The van der Waals surface area contributed by atoms with Crippen LogP contribution in [0.5, 0.6) is 0 Å². The maximum Gasteiger partial charge on any atom is 0.309 e. The van der Waals surface area contributed by atoms with E-state index in [0.29, 0.717) is 43.5 Å². The molecule has 0 radical (unpaired) electrons. The first kappa shape index (κ1) is 28.8. The van der Waals surface area contributed by atoms with Crippen LogP contribution >= 0.6 is 0 Å². The number of aliphatic carboxylic acids is 1. The molecule has 8 heteroatoms. The van der Waals surface area contributed by atoms with E-state index in [-0.39, 0.29) is 24.2 Å². The highest BCUT2D eigenvalue weighted by atomic mass is 19.1. The zero-order chi connectivity index (χ0) is 30.0. The number of hydrazone groups is 1. The molecule has 1 aliphatic heterocycles. The number of nitrogens with zero attached hydrogens (tertiary/aromatic N) is 2. The molecule has 1 unspecified atom stereocenters. The Balaban J connectivity index is 1.18. The Kier molecular flexibility index (Phi) is 8.10. The number of halogens is 1. The van der Waals surface area contributed by atoms with Crippen molar-refractivity contribution in [3.8, 4) is 0 Å². The van der Waals surface area contributed by atoms with Gasteiger partial charge in [-0.2, -0.15) is 5.10 Å². The summed E-state index contributed by atoms with van der Waals surface area (Å²) in [6.45, 7) is 0.347. The lowest BCUT2D eigenvalue weighted by molar-refractivity contribution is -0.143. The summed E-state index contributed by atoms with van der Waals surface area (Å²) in [7, 11) is 0. The Labute approximate surface area is 250 Å². The lowest BCUT2D eigenvalue weighted by Gasteiger charge is -2.25. The average Bonchev–Trinajstić information content (AvgIpc) is 3.58. The third-order valence-corrected chi connectivity index (χ3v) is 9.11. The molecule has 6 rings (SSSR count). The van der Waals surface area contributed by atoms with Gasteiger partial charge in [0.2, 0.25) is 11.8 Å². The molecule has 2 N–H and O–H groups in total. The molecule has 0 saturated heterocycles. The van der Waals surface area contributed by atoms with Gasteiger partial charge in [-0.15, -0.1) is 0 Å². The second-order valence-corrected chi connectivity index (χ2v) is 12.2. The smallest absolute Gasteiger partial charge is 0.309 e. The van der Waals surface area contributed by atoms with E-state index in [9.17, 15) is 23.9 Å². The predicted octanol–water partition coefficient (Wildman–Crippen LogP) is 6.67. The molecule has 2 aliphatic carbocycles. The van der Waals surface area contributed by atoms with Crippen LogP contribution in [-0.4, -0.2) is 33.6 Å². The molecule has 0 aromatic heterocycles. The van der Waals surface area contributed by atoms with Crippen molar-refractivity contribution in [3.05, 3.63) is 101 Å². The van der Waals surface area contributed by atoms with Crippen LogP contribution < -0.4 is 5.32 Å². The van der Waals surface area contributed by atoms with Gasteiger partial charge >= 0.3 is 5.97 Å². The van der Waals surface area contributed by atoms with Crippen LogP contribution in [0.4, 0.5) is 10.1 Å². The predicted molar refractivity (Wildman–Crippen MR) is 162 cm³/mol. The first-order valence-corrected chi connectivity index (χ1v) is 15.2. The van der Waals surface area contributed by atoms with Gasteiger partial charge in [0.15, 0.2) is 0 Å². The number of amides is 2. The first-order chi connectivity index (χ1) is 20.8. The Morgan fingerprint density at radius 3 is 2.37 bits per heavy atom. The van der Waals surface area contributed by atoms with E-state index in [1.807, 2.05) is 54.6 Å². The highest BCUT2D eigenvalue weighted by Crippen LogP contribution is 2.49. The molecule has 2 saturated carbocycles. The van der Waals surface area contributed by atoms with Gasteiger partial charge in [0.25, 0.3) is 0 Å². The topological polar surface area (TPSA) is 99.1 Å². The summed E-state index contributed by atoms with van der Waals surface area (Å²) in [5.74, 6) is -1.81. The summed E-state index contributed by atoms with van der Waals surface area (Å²) in [4.78, 5) is 38.1. The van der Waals surface area contributed by atoms with Crippen molar-refractivity contribution < 1.29 is 23.9 Å². The van der Waals surface area contributed by atoms with E-state index in [1.165, 1.54) is 17.1 Å². The van der Waals surface area contributed by atoms with E-state index in [1.54, 1.807) is 6.07 Å². The summed E-state index contributed by atoms with van der Waals surface area (Å²) in [5, 5.41) is 18.7. The number of hydrogen-bond acceptors (Lipinski definition) is 4. The second kappa shape index (κ2) is 12.1. The molecule has 43 heavy (non-hydrogen) atoms. The van der Waals surface area contributed by atoms with Crippen LogP contribution in [0.1, 0.15) is 79.5 Å². The first-order valence-electron chi connectivity index (χ1n) is 15.2. The van der Waals surface area contributed by atoms with Crippen molar-refractivity contribution in [1.82, 2.24) is 5.01 Å². The molecule has 222 valence electrons. The van der Waals surface area contributed by atoms with Gasteiger partial charge in [-0.1, -0.05) is 67.4 Å². The molecule has 1 heterocycles. The van der Waals surface area contributed by atoms with Gasteiger partial charge in [-0.25, -0.2) is 9.40 Å². The van der Waals surface area contributed by atoms with Crippen molar-refractivity contribution in [2.24, 2.45) is 16.4 Å². The van der Waals surface area contributed by atoms with Gasteiger partial charge in [0.05, 0.1) is 23.6 Å². The zero-order valence-electron chi connectivity index (χ0n) is 24.1. The minimum atomic E-state index is -0.861. The van der Waals surface area contributed by atoms with E-state index < -0.39 is 23.1 Å². The van der Waals surface area contributed by atoms with Gasteiger partial charge in [-0.05, 0) is 78.5 Å². The van der Waals surface area contributed by atoms with E-state index >= 15 is 0 Å². The van der Waals surface area contributed by atoms with E-state index in [2.05, 4.69) is 10.4 Å². The molecule has 2 amide bonds. The highest BCUT2D eigenvalue weighted by Gasteiger charge is 2.50. The average molecular weight is 582 g/mol. The number of carboxylic acid groups (broad SMARTS) is 1. The molecule has 7 nitrogen and oxygen atoms in total. The maximum atomic E-state index is 14.5. The van der Waals surface area contributed by atoms with Crippen molar-refractivity contribution in [1.29, 1.82) is 0 Å². The van der Waals surface area contributed by atoms with Crippen molar-refractivity contribution in [2.75, 3.05) is 5.32 Å². The molecule has 0 bridgehead atoms. The van der Waals surface area contributed by atoms with Crippen LogP contribution in [0.25, 0.3) is 0 Å². The number of carbonyl (C=O) groups excluding carboxylic acids is 2. The molecule has 0 spiro atoms. The van der Waals surface area contributed by atoms with Gasteiger partial charge < -0.3 is 10.4 Å². The molecular weight excluding hydrogens is 545 g/mol. The van der Waals surface area contributed by atoms with Crippen LogP contribution in [0, 0.1) is 17.2 Å². The molecule has 1 atom stereocenters. The number of rotatable bonds is 10. The highest BCUT2D eigenvalue weighted by molar-refractivity contribution is 6.04. The molecule has 3 aromatic rings. The summed E-state index contributed by atoms with van der Waals surface area (Å²) < 4.78 is 14.5. The zero-order valence-corrected chi connectivity index (χ0v) is 24.1. The lowest BCUT2D eigenvalue weighted by Crippen LogP contribution is -2.31. The SMILES string of the molecule is O=C(Nc1cc(F)cc(CC2(C(=O)O)CC2)c1)C(c1ccc(CN2N=C(c3ccccc3)CCC2=O)cc1)C1CCCC1. The molecular formula is C35H36FN3O4. The Hall–Kier alpha value is -4.33. The number of carboxylic acids is 1. The summed E-state index contributed by atoms with van der Waals surface area (Å²) >= 11 is 0. The Morgan fingerprint density at radius 1 is 0.977 bits per heavy atom. The lowest BCUT2D eigenvalue weighted by atomic mass is 9.83. The van der Waals surface area contributed by atoms with Crippen molar-refractivity contribution in [3.63, 3.8) is 0 Å². The maximum absolute atomic E-state index is 14.5. The third kappa shape index (κ3) is 6.53. The van der Waals surface area contributed by atoms with Crippen molar-refractivity contribution in [2.45, 2.75) is 70.3 Å². The fourth-order valence-corrected chi connectivity index (χ4v) is 6.55. The van der Waals surface area contributed by atoms with Crippen molar-refractivity contribution >= 4 is 29.2 Å². The Bertz CT molecular complexity index is 1540. The number of anilines is 1. The molecule has 3 aliphatic rings. The van der Waals surface area contributed by atoms with Gasteiger partial charge in [-0.3, -0.25) is 14.4 Å². The Morgan fingerprint density at radius 2 is 1.70 bits per heavy atom. The second-order valence-electron chi connectivity index (χ2n) is 12.2. The molecule has 3 aromatic carbocycles. The fourth-order valence-electron chi connectivity index (χ4n) is 6.55. The van der Waals surface area contributed by atoms with Crippen LogP contribution in [0.3, 0.4) is 0 Å².